The molecule has 170 valence electrons. The van der Waals surface area contributed by atoms with Crippen molar-refractivity contribution >= 4 is 11.6 Å². The van der Waals surface area contributed by atoms with Gasteiger partial charge in [0.25, 0.3) is 0 Å². The van der Waals surface area contributed by atoms with Crippen molar-refractivity contribution in [3.8, 4) is 11.5 Å². The Kier molecular flexibility index (Phi) is 10.1. The number of ether oxygens (including phenoxy) is 1. The fourth-order valence-corrected chi connectivity index (χ4v) is 4.05. The molecule has 0 fully saturated rings. The van der Waals surface area contributed by atoms with E-state index in [0.717, 1.165) is 50.1 Å². The monoisotopic (exact) mass is 450 g/mol. The molecule has 3 nitrogen and oxygen atoms in total. The van der Waals surface area contributed by atoms with Gasteiger partial charge in [-0.05, 0) is 92.1 Å². The molecule has 0 bridgehead atoms. The first kappa shape index (κ1) is 24.3. The van der Waals surface area contributed by atoms with Gasteiger partial charge in [-0.1, -0.05) is 61.0 Å². The summed E-state index contributed by atoms with van der Waals surface area (Å²) in [5.74, 6) is 2.26. The van der Waals surface area contributed by atoms with Gasteiger partial charge in [-0.25, -0.2) is 0 Å². The lowest BCUT2D eigenvalue weighted by Gasteiger charge is -2.21. The van der Waals surface area contributed by atoms with Crippen LogP contribution >= 0.6 is 11.6 Å². The second kappa shape index (κ2) is 13.3. The maximum atomic E-state index is 6.04. The standard InChI is InChI=1S/C28H35ClN2O/c1-22(19-26(21-30)31-18-6-10-23-7-3-2-4-8-23)12-13-24-9-5-11-28(20-24)32-27-16-14-25(29)15-17-27/h2-5,7-9,11,14-17,20,22,26,31H,6,10,12-13,18-19,21,30H2,1H3. The molecule has 0 aliphatic carbocycles. The number of halogens is 1. The smallest absolute Gasteiger partial charge is 0.127 e. The van der Waals surface area contributed by atoms with E-state index in [1.54, 1.807) is 0 Å². The van der Waals surface area contributed by atoms with Gasteiger partial charge in [-0.3, -0.25) is 0 Å². The Bertz CT molecular complexity index is 914. The van der Waals surface area contributed by atoms with Crippen molar-refractivity contribution in [1.29, 1.82) is 0 Å². The van der Waals surface area contributed by atoms with Gasteiger partial charge in [0, 0.05) is 17.6 Å². The van der Waals surface area contributed by atoms with E-state index >= 15 is 0 Å². The fraction of sp³-hybridized carbons (Fsp3) is 0.357. The summed E-state index contributed by atoms with van der Waals surface area (Å²) >= 11 is 5.95. The second-order valence-corrected chi connectivity index (χ2v) is 9.00. The predicted octanol–water partition coefficient (Wildman–Crippen LogP) is 6.64. The topological polar surface area (TPSA) is 47.3 Å². The molecule has 0 amide bonds. The largest absolute Gasteiger partial charge is 0.457 e. The van der Waals surface area contributed by atoms with Crippen molar-refractivity contribution in [3.63, 3.8) is 0 Å². The van der Waals surface area contributed by atoms with Crippen molar-refractivity contribution in [2.45, 2.75) is 45.1 Å². The molecule has 2 atom stereocenters. The zero-order valence-corrected chi connectivity index (χ0v) is 19.7. The van der Waals surface area contributed by atoms with Gasteiger partial charge >= 0.3 is 0 Å². The molecular weight excluding hydrogens is 416 g/mol. The van der Waals surface area contributed by atoms with Gasteiger partial charge in [0.1, 0.15) is 11.5 Å². The van der Waals surface area contributed by atoms with E-state index in [9.17, 15) is 0 Å². The molecule has 3 aromatic rings. The number of aryl methyl sites for hydroxylation is 2. The number of nitrogens with two attached hydrogens (primary N) is 1. The lowest BCUT2D eigenvalue weighted by molar-refractivity contribution is 0.387. The van der Waals surface area contributed by atoms with Crippen LogP contribution < -0.4 is 15.8 Å². The van der Waals surface area contributed by atoms with E-state index in [1.807, 2.05) is 30.3 Å². The minimum Gasteiger partial charge on any atom is -0.457 e. The summed E-state index contributed by atoms with van der Waals surface area (Å²) in [5.41, 5.74) is 8.73. The predicted molar refractivity (Wildman–Crippen MR) is 136 cm³/mol. The Balaban J connectivity index is 1.39. The summed E-state index contributed by atoms with van der Waals surface area (Å²) in [7, 11) is 0. The van der Waals surface area contributed by atoms with Crippen LogP contribution in [0.1, 0.15) is 37.3 Å². The molecule has 0 aliphatic heterocycles. The van der Waals surface area contributed by atoms with Crippen LogP contribution in [0.5, 0.6) is 11.5 Å². The van der Waals surface area contributed by atoms with Crippen molar-refractivity contribution in [2.75, 3.05) is 13.1 Å². The van der Waals surface area contributed by atoms with E-state index < -0.39 is 0 Å². The van der Waals surface area contributed by atoms with E-state index in [4.69, 9.17) is 22.1 Å². The Labute approximate surface area is 198 Å². The third kappa shape index (κ3) is 8.66. The van der Waals surface area contributed by atoms with E-state index in [0.29, 0.717) is 23.5 Å². The van der Waals surface area contributed by atoms with Gasteiger partial charge in [-0.15, -0.1) is 0 Å². The summed E-state index contributed by atoms with van der Waals surface area (Å²) in [6, 6.07) is 26.8. The Morgan fingerprint density at radius 1 is 0.875 bits per heavy atom. The molecule has 0 saturated carbocycles. The number of rotatable bonds is 13. The molecule has 0 aromatic heterocycles. The quantitative estimate of drug-likeness (QED) is 0.287. The molecule has 2 unspecified atom stereocenters. The SMILES string of the molecule is CC(CCc1cccc(Oc2ccc(Cl)cc2)c1)CC(CN)NCCCc1ccccc1. The molecule has 3 rings (SSSR count). The lowest BCUT2D eigenvalue weighted by atomic mass is 9.94. The van der Waals surface area contributed by atoms with Crippen LogP contribution in [0.15, 0.2) is 78.9 Å². The number of hydrogen-bond acceptors (Lipinski definition) is 3. The summed E-state index contributed by atoms with van der Waals surface area (Å²) in [6.45, 7) is 4.01. The van der Waals surface area contributed by atoms with Crippen LogP contribution in [0.2, 0.25) is 5.02 Å². The van der Waals surface area contributed by atoms with Gasteiger partial charge in [0.05, 0.1) is 0 Å². The van der Waals surface area contributed by atoms with Crippen molar-refractivity contribution < 1.29 is 4.74 Å². The molecule has 3 N–H and O–H groups in total. The zero-order valence-electron chi connectivity index (χ0n) is 19.0. The van der Waals surface area contributed by atoms with Crippen LogP contribution in [0.25, 0.3) is 0 Å². The van der Waals surface area contributed by atoms with Crippen LogP contribution in [0, 0.1) is 5.92 Å². The highest BCUT2D eigenvalue weighted by Gasteiger charge is 2.12. The number of hydrogen-bond donors (Lipinski definition) is 2. The van der Waals surface area contributed by atoms with Crippen LogP contribution in [0.4, 0.5) is 0 Å². The third-order valence-corrected chi connectivity index (χ3v) is 6.02. The maximum Gasteiger partial charge on any atom is 0.127 e. The summed E-state index contributed by atoms with van der Waals surface area (Å²) < 4.78 is 5.96. The highest BCUT2D eigenvalue weighted by atomic mass is 35.5. The van der Waals surface area contributed by atoms with Crippen molar-refractivity contribution in [3.05, 3.63) is 95.0 Å². The first-order valence-electron chi connectivity index (χ1n) is 11.6. The van der Waals surface area contributed by atoms with Crippen LogP contribution in [-0.4, -0.2) is 19.1 Å². The van der Waals surface area contributed by atoms with E-state index in [1.165, 1.54) is 11.1 Å². The molecule has 0 saturated heterocycles. The van der Waals surface area contributed by atoms with Crippen molar-refractivity contribution in [1.82, 2.24) is 5.32 Å². The molecule has 32 heavy (non-hydrogen) atoms. The lowest BCUT2D eigenvalue weighted by Crippen LogP contribution is -2.38. The Hall–Kier alpha value is -2.33. The molecular formula is C28H35ClN2O. The Morgan fingerprint density at radius 3 is 2.38 bits per heavy atom. The third-order valence-electron chi connectivity index (χ3n) is 5.76. The number of nitrogens with one attached hydrogen (secondary N) is 1. The van der Waals surface area contributed by atoms with Crippen molar-refractivity contribution in [2.24, 2.45) is 11.7 Å². The van der Waals surface area contributed by atoms with Gasteiger partial charge < -0.3 is 15.8 Å². The molecule has 0 radical (unpaired) electrons. The minimum atomic E-state index is 0.375. The fourth-order valence-electron chi connectivity index (χ4n) is 3.93. The van der Waals surface area contributed by atoms with E-state index in [2.05, 4.69) is 60.8 Å². The van der Waals surface area contributed by atoms with Crippen LogP contribution in [0.3, 0.4) is 0 Å². The Morgan fingerprint density at radius 2 is 1.62 bits per heavy atom. The molecule has 3 aromatic carbocycles. The number of benzene rings is 3. The maximum absolute atomic E-state index is 6.04. The second-order valence-electron chi connectivity index (χ2n) is 8.56. The zero-order chi connectivity index (χ0) is 22.6. The normalized spacial score (nSPS) is 13.0. The van der Waals surface area contributed by atoms with Crippen LogP contribution in [-0.2, 0) is 12.8 Å². The first-order valence-corrected chi connectivity index (χ1v) is 12.0. The van der Waals surface area contributed by atoms with Gasteiger partial charge in [-0.2, -0.15) is 0 Å². The molecule has 4 heteroatoms. The molecule has 0 heterocycles. The van der Waals surface area contributed by atoms with E-state index in [-0.39, 0.29) is 0 Å². The summed E-state index contributed by atoms with van der Waals surface area (Å²) in [6.07, 6.45) is 5.50. The highest BCUT2D eigenvalue weighted by molar-refractivity contribution is 6.30. The van der Waals surface area contributed by atoms with Gasteiger partial charge in [0.15, 0.2) is 0 Å². The minimum absolute atomic E-state index is 0.375. The highest BCUT2D eigenvalue weighted by Crippen LogP contribution is 2.25. The molecule has 0 spiro atoms. The summed E-state index contributed by atoms with van der Waals surface area (Å²) in [5, 5.41) is 4.36. The average Bonchev–Trinajstić information content (AvgIpc) is 2.82. The first-order chi connectivity index (χ1) is 15.6. The summed E-state index contributed by atoms with van der Waals surface area (Å²) in [4.78, 5) is 0. The average molecular weight is 451 g/mol. The van der Waals surface area contributed by atoms with Gasteiger partial charge in [0.2, 0.25) is 0 Å². The molecule has 0 aliphatic rings.